The zero-order valence-electron chi connectivity index (χ0n) is 15.6. The van der Waals surface area contributed by atoms with Gasteiger partial charge in [0.2, 0.25) is 5.91 Å². The maximum absolute atomic E-state index is 13.0. The van der Waals surface area contributed by atoms with E-state index in [1.54, 1.807) is 22.8 Å². The number of nitrogens with one attached hydrogen (secondary N) is 2. The van der Waals surface area contributed by atoms with Gasteiger partial charge < -0.3 is 9.32 Å². The van der Waals surface area contributed by atoms with Crippen molar-refractivity contribution in [3.63, 3.8) is 0 Å². The number of halogens is 1. The summed E-state index contributed by atoms with van der Waals surface area (Å²) in [5, 5.41) is 0.557. The molecule has 2 aliphatic rings. The van der Waals surface area contributed by atoms with Crippen molar-refractivity contribution in [1.82, 2.24) is 20.3 Å². The van der Waals surface area contributed by atoms with Gasteiger partial charge in [0.15, 0.2) is 5.58 Å². The van der Waals surface area contributed by atoms with E-state index in [1.807, 2.05) is 4.90 Å². The second-order valence-electron chi connectivity index (χ2n) is 7.86. The highest BCUT2D eigenvalue weighted by atomic mass is 35.5. The van der Waals surface area contributed by atoms with E-state index in [1.165, 1.54) is 0 Å². The van der Waals surface area contributed by atoms with Crippen LogP contribution < -0.4 is 16.6 Å². The molecule has 2 aromatic rings. The summed E-state index contributed by atoms with van der Waals surface area (Å²) in [4.78, 5) is 27.3. The fourth-order valence-electron chi connectivity index (χ4n) is 4.12. The summed E-state index contributed by atoms with van der Waals surface area (Å²) in [6, 6.07) is 5.13. The number of likely N-dealkylation sites (tertiary alicyclic amines) is 1. The minimum Gasteiger partial charge on any atom is -0.408 e. The molecule has 0 aliphatic carbocycles. The summed E-state index contributed by atoms with van der Waals surface area (Å²) >= 11 is 6.11. The third-order valence-corrected chi connectivity index (χ3v) is 5.92. The van der Waals surface area contributed by atoms with E-state index in [0.717, 1.165) is 19.3 Å². The number of hydrazine groups is 1. The lowest BCUT2D eigenvalue weighted by Gasteiger charge is -2.34. The molecule has 2 N–H and O–H groups in total. The zero-order chi connectivity index (χ0) is 19.1. The number of piperidine rings is 1. The molecule has 3 unspecified atom stereocenters. The van der Waals surface area contributed by atoms with E-state index in [2.05, 4.69) is 24.7 Å². The Kier molecular flexibility index (Phi) is 5.01. The van der Waals surface area contributed by atoms with Crippen molar-refractivity contribution in [3.8, 4) is 0 Å². The van der Waals surface area contributed by atoms with Crippen molar-refractivity contribution in [2.75, 3.05) is 13.1 Å². The third kappa shape index (κ3) is 3.51. The highest BCUT2D eigenvalue weighted by molar-refractivity contribution is 6.31. The van der Waals surface area contributed by atoms with E-state index in [4.69, 9.17) is 16.0 Å². The van der Waals surface area contributed by atoms with E-state index >= 15 is 0 Å². The number of nitrogens with zero attached hydrogens (tertiary/aromatic N) is 2. The van der Waals surface area contributed by atoms with Crippen LogP contribution in [0.4, 0.5) is 0 Å². The van der Waals surface area contributed by atoms with Gasteiger partial charge in [-0.3, -0.25) is 14.8 Å². The average molecular weight is 393 g/mol. The Hall–Kier alpha value is -1.83. The number of carbonyl (C=O) groups is 1. The molecule has 7 nitrogen and oxygen atoms in total. The molecular weight excluding hydrogens is 368 g/mol. The summed E-state index contributed by atoms with van der Waals surface area (Å²) < 4.78 is 7.02. The molecule has 2 fully saturated rings. The molecule has 1 amide bonds. The van der Waals surface area contributed by atoms with Crippen LogP contribution in [0, 0.1) is 5.92 Å². The highest BCUT2D eigenvalue weighted by Crippen LogP contribution is 2.27. The van der Waals surface area contributed by atoms with Gasteiger partial charge >= 0.3 is 5.76 Å². The molecule has 0 bridgehead atoms. The minimum absolute atomic E-state index is 0.0919. The zero-order valence-corrected chi connectivity index (χ0v) is 16.3. The summed E-state index contributed by atoms with van der Waals surface area (Å²) in [6.07, 6.45) is 2.46. The lowest BCUT2D eigenvalue weighted by atomic mass is 9.98. The molecule has 3 heterocycles. The SMILES string of the molecule is CC(C)C1CC(C(=O)N2CCCC(n3c(=O)oc4ccc(Cl)cc43)C2)NN1. The van der Waals surface area contributed by atoms with Crippen LogP contribution >= 0.6 is 11.6 Å². The molecule has 4 rings (SSSR count). The first-order valence-electron chi connectivity index (χ1n) is 9.54. The summed E-state index contributed by atoms with van der Waals surface area (Å²) in [6.45, 7) is 5.50. The predicted octanol–water partition coefficient (Wildman–Crippen LogP) is 2.30. The van der Waals surface area contributed by atoms with Gasteiger partial charge in [-0.15, -0.1) is 0 Å². The number of oxazole rings is 1. The smallest absolute Gasteiger partial charge is 0.408 e. The molecular formula is C19H25ClN4O3. The minimum atomic E-state index is -0.396. The number of amides is 1. The van der Waals surface area contributed by atoms with E-state index in [9.17, 15) is 9.59 Å². The second-order valence-corrected chi connectivity index (χ2v) is 8.29. The number of carbonyl (C=O) groups excluding carboxylic acids is 1. The molecule has 8 heteroatoms. The van der Waals surface area contributed by atoms with Crippen molar-refractivity contribution >= 4 is 28.6 Å². The van der Waals surface area contributed by atoms with Crippen LogP contribution in [-0.4, -0.2) is 40.5 Å². The van der Waals surface area contributed by atoms with E-state index < -0.39 is 5.76 Å². The standard InChI is InChI=1S/C19H25ClN4O3/c1-11(2)14-9-15(22-21-14)18(25)23-7-3-4-13(10-23)24-16-8-12(20)5-6-17(16)27-19(24)26/h5-6,8,11,13-15,21-22H,3-4,7,9-10H2,1-2H3. The quantitative estimate of drug-likeness (QED) is 0.837. The largest absolute Gasteiger partial charge is 0.420 e. The Labute approximate surface area is 162 Å². The van der Waals surface area contributed by atoms with Gasteiger partial charge in [0.05, 0.1) is 11.6 Å². The molecule has 0 spiro atoms. The van der Waals surface area contributed by atoms with Gasteiger partial charge in [-0.05, 0) is 43.4 Å². The lowest BCUT2D eigenvalue weighted by molar-refractivity contribution is -0.134. The van der Waals surface area contributed by atoms with E-state index in [-0.39, 0.29) is 18.0 Å². The van der Waals surface area contributed by atoms with Crippen molar-refractivity contribution in [1.29, 1.82) is 0 Å². The Morgan fingerprint density at radius 1 is 1.33 bits per heavy atom. The Bertz CT molecular complexity index is 906. The first-order chi connectivity index (χ1) is 12.9. The summed E-state index contributed by atoms with van der Waals surface area (Å²) in [7, 11) is 0. The van der Waals surface area contributed by atoms with Crippen LogP contribution in [0.5, 0.6) is 0 Å². The van der Waals surface area contributed by atoms with Crippen molar-refractivity contribution < 1.29 is 9.21 Å². The van der Waals surface area contributed by atoms with Gasteiger partial charge in [0.1, 0.15) is 6.04 Å². The third-order valence-electron chi connectivity index (χ3n) is 5.68. The number of hydrogen-bond acceptors (Lipinski definition) is 5. The summed E-state index contributed by atoms with van der Waals surface area (Å²) in [5.41, 5.74) is 7.57. The van der Waals surface area contributed by atoms with Gasteiger partial charge in [0, 0.05) is 24.2 Å². The Balaban J connectivity index is 1.54. The van der Waals surface area contributed by atoms with Crippen molar-refractivity contribution in [2.24, 2.45) is 5.92 Å². The van der Waals surface area contributed by atoms with Gasteiger partial charge in [-0.1, -0.05) is 25.4 Å². The van der Waals surface area contributed by atoms with Gasteiger partial charge in [-0.25, -0.2) is 10.2 Å². The second kappa shape index (κ2) is 7.30. The van der Waals surface area contributed by atoms with Crippen LogP contribution in [0.25, 0.3) is 11.1 Å². The fraction of sp³-hybridized carbons (Fsp3) is 0.579. The molecule has 3 atom stereocenters. The first-order valence-corrected chi connectivity index (χ1v) is 9.92. The normalized spacial score (nSPS) is 26.2. The molecule has 2 saturated heterocycles. The number of rotatable bonds is 3. The van der Waals surface area contributed by atoms with Crippen molar-refractivity contribution in [2.45, 2.75) is 51.2 Å². The maximum Gasteiger partial charge on any atom is 0.420 e. The van der Waals surface area contributed by atoms with Gasteiger partial charge in [0.25, 0.3) is 0 Å². The molecule has 1 aromatic carbocycles. The molecule has 146 valence electrons. The molecule has 2 aliphatic heterocycles. The number of hydrogen-bond donors (Lipinski definition) is 2. The Morgan fingerprint density at radius 3 is 2.89 bits per heavy atom. The first kappa shape index (κ1) is 18.5. The van der Waals surface area contributed by atoms with Crippen LogP contribution in [-0.2, 0) is 4.79 Å². The highest BCUT2D eigenvalue weighted by Gasteiger charge is 2.36. The van der Waals surface area contributed by atoms with Crippen molar-refractivity contribution in [3.05, 3.63) is 33.8 Å². The molecule has 0 radical (unpaired) electrons. The monoisotopic (exact) mass is 392 g/mol. The number of benzene rings is 1. The topological polar surface area (TPSA) is 79.5 Å². The number of fused-ring (bicyclic) bond motifs is 1. The Morgan fingerprint density at radius 2 is 2.15 bits per heavy atom. The van der Waals surface area contributed by atoms with Crippen LogP contribution in [0.2, 0.25) is 5.02 Å². The van der Waals surface area contributed by atoms with E-state index in [0.29, 0.717) is 41.2 Å². The van der Waals surface area contributed by atoms with Crippen LogP contribution in [0.3, 0.4) is 0 Å². The van der Waals surface area contributed by atoms with Gasteiger partial charge in [-0.2, -0.15) is 0 Å². The maximum atomic E-state index is 13.0. The fourth-order valence-corrected chi connectivity index (χ4v) is 4.29. The predicted molar refractivity (Wildman–Crippen MR) is 104 cm³/mol. The number of aromatic nitrogens is 1. The average Bonchev–Trinajstić information content (AvgIpc) is 3.25. The van der Waals surface area contributed by atoms with Crippen LogP contribution in [0.15, 0.2) is 27.4 Å². The van der Waals surface area contributed by atoms with Crippen LogP contribution in [0.1, 0.15) is 39.2 Å². The molecule has 27 heavy (non-hydrogen) atoms. The molecule has 1 aromatic heterocycles. The molecule has 0 saturated carbocycles. The lowest BCUT2D eigenvalue weighted by Crippen LogP contribution is -2.50. The summed E-state index contributed by atoms with van der Waals surface area (Å²) in [5.74, 6) is 0.159.